The number of hydrogen-bond donors (Lipinski definition) is 1. The molecule has 0 fully saturated rings. The van der Waals surface area contributed by atoms with Gasteiger partial charge in [-0.15, -0.1) is 0 Å². The third-order valence-corrected chi connectivity index (χ3v) is 5.44. The molecule has 0 atom stereocenters. The first-order chi connectivity index (χ1) is 11.2. The van der Waals surface area contributed by atoms with Crippen LogP contribution < -0.4 is 5.32 Å². The molecule has 0 aliphatic heterocycles. The highest BCUT2D eigenvalue weighted by Crippen LogP contribution is 2.47. The summed E-state index contributed by atoms with van der Waals surface area (Å²) in [6, 6.07) is 18.3. The second-order valence-electron chi connectivity index (χ2n) is 5.01. The van der Waals surface area contributed by atoms with Crippen molar-refractivity contribution in [2.24, 2.45) is 0 Å². The van der Waals surface area contributed by atoms with Crippen LogP contribution in [-0.2, 0) is 13.6 Å². The Hall–Kier alpha value is -1.61. The minimum absolute atomic E-state index is 0.345. The lowest BCUT2D eigenvalue weighted by atomic mass is 10.0. The molecule has 0 aliphatic carbocycles. The second-order valence-corrected chi connectivity index (χ2v) is 7.19. The maximum Gasteiger partial charge on any atom is 0.332 e. The number of benzene rings is 2. The molecule has 0 unspecified atom stereocenters. The van der Waals surface area contributed by atoms with E-state index in [1.165, 1.54) is 0 Å². The fourth-order valence-corrected chi connectivity index (χ4v) is 3.90. The molecule has 23 heavy (non-hydrogen) atoms. The van der Waals surface area contributed by atoms with Gasteiger partial charge in [0.25, 0.3) is 0 Å². The van der Waals surface area contributed by atoms with E-state index in [1.54, 1.807) is 0 Å². The zero-order valence-corrected chi connectivity index (χ0v) is 14.6. The molecular formula is C18H24NO3P. The summed E-state index contributed by atoms with van der Waals surface area (Å²) in [5, 5.41) is 3.35. The van der Waals surface area contributed by atoms with E-state index in [0.717, 1.165) is 16.8 Å². The predicted octanol–water partition coefficient (Wildman–Crippen LogP) is 5.03. The topological polar surface area (TPSA) is 47.6 Å². The molecule has 2 aromatic rings. The van der Waals surface area contributed by atoms with Gasteiger partial charge in [0.05, 0.1) is 19.4 Å². The lowest BCUT2D eigenvalue weighted by molar-refractivity contribution is 0.221. The molecule has 0 saturated carbocycles. The molecule has 1 N–H and O–H groups in total. The summed E-state index contributed by atoms with van der Waals surface area (Å²) in [5.74, 6) is 0. The van der Waals surface area contributed by atoms with Crippen LogP contribution in [0.15, 0.2) is 54.6 Å². The first kappa shape index (κ1) is 17.7. The minimum atomic E-state index is -3.01. The van der Waals surface area contributed by atoms with Gasteiger partial charge in [-0.3, -0.25) is 4.57 Å². The summed E-state index contributed by atoms with van der Waals surface area (Å²) >= 11 is 0. The number of anilines is 1. The van der Waals surface area contributed by atoms with Gasteiger partial charge in [-0.05, 0) is 25.5 Å². The van der Waals surface area contributed by atoms with Gasteiger partial charge in [0.1, 0.15) is 0 Å². The Bertz CT molecular complexity index is 636. The first-order valence-corrected chi connectivity index (χ1v) is 9.68. The highest BCUT2D eigenvalue weighted by Gasteiger charge is 2.22. The highest BCUT2D eigenvalue weighted by molar-refractivity contribution is 7.53. The van der Waals surface area contributed by atoms with Crippen LogP contribution in [0.4, 0.5) is 5.69 Å². The van der Waals surface area contributed by atoms with Gasteiger partial charge >= 0.3 is 7.60 Å². The van der Waals surface area contributed by atoms with Crippen molar-refractivity contribution < 1.29 is 13.6 Å². The highest BCUT2D eigenvalue weighted by atomic mass is 31.2. The summed E-state index contributed by atoms with van der Waals surface area (Å²) in [6.45, 7) is 4.95. The van der Waals surface area contributed by atoms with Crippen molar-refractivity contribution in [3.63, 3.8) is 0 Å². The Balaban J connectivity index is 2.05. The molecule has 124 valence electrons. The third-order valence-electron chi connectivity index (χ3n) is 3.36. The zero-order chi connectivity index (χ0) is 16.5. The van der Waals surface area contributed by atoms with E-state index in [4.69, 9.17) is 9.05 Å². The summed E-state index contributed by atoms with van der Waals surface area (Å²) in [7, 11) is -3.01. The minimum Gasteiger partial charge on any atom is -0.384 e. The largest absolute Gasteiger partial charge is 0.384 e. The van der Waals surface area contributed by atoms with Crippen molar-refractivity contribution >= 4 is 13.3 Å². The van der Waals surface area contributed by atoms with Crippen molar-refractivity contribution in [2.45, 2.75) is 13.8 Å². The Labute approximate surface area is 138 Å². The molecule has 0 aliphatic rings. The Kier molecular flexibility index (Phi) is 6.85. The van der Waals surface area contributed by atoms with E-state index >= 15 is 0 Å². The Morgan fingerprint density at radius 2 is 1.52 bits per heavy atom. The quantitative estimate of drug-likeness (QED) is 0.654. The van der Waals surface area contributed by atoms with Gasteiger partial charge in [0.2, 0.25) is 0 Å². The van der Waals surface area contributed by atoms with E-state index in [2.05, 4.69) is 23.5 Å². The lowest BCUT2D eigenvalue weighted by Gasteiger charge is -2.18. The number of para-hydroxylation sites is 1. The fourth-order valence-electron chi connectivity index (χ4n) is 2.39. The van der Waals surface area contributed by atoms with Crippen LogP contribution in [0, 0.1) is 0 Å². The smallest absolute Gasteiger partial charge is 0.332 e. The van der Waals surface area contributed by atoms with E-state index in [1.807, 2.05) is 50.2 Å². The van der Waals surface area contributed by atoms with Crippen molar-refractivity contribution in [1.29, 1.82) is 0 Å². The molecule has 2 aromatic carbocycles. The van der Waals surface area contributed by atoms with Gasteiger partial charge in [0, 0.05) is 17.8 Å². The molecule has 0 bridgehead atoms. The van der Waals surface area contributed by atoms with Crippen LogP contribution in [0.1, 0.15) is 13.8 Å². The molecule has 0 amide bonds. The molecular weight excluding hydrogens is 309 g/mol. The molecule has 0 spiro atoms. The molecule has 0 heterocycles. The average Bonchev–Trinajstić information content (AvgIpc) is 2.56. The number of nitrogens with one attached hydrogen (secondary N) is 1. The zero-order valence-electron chi connectivity index (χ0n) is 13.7. The van der Waals surface area contributed by atoms with Gasteiger partial charge in [-0.2, -0.15) is 0 Å². The molecule has 0 aromatic heterocycles. The predicted molar refractivity (Wildman–Crippen MR) is 96.1 cm³/mol. The van der Waals surface area contributed by atoms with E-state index < -0.39 is 7.60 Å². The van der Waals surface area contributed by atoms with Crippen molar-refractivity contribution in [1.82, 2.24) is 0 Å². The second kappa shape index (κ2) is 8.88. The van der Waals surface area contributed by atoms with Gasteiger partial charge in [-0.25, -0.2) is 0 Å². The fraction of sp³-hybridized carbons (Fsp3) is 0.333. The maximum absolute atomic E-state index is 12.5. The Morgan fingerprint density at radius 3 is 2.17 bits per heavy atom. The summed E-state index contributed by atoms with van der Waals surface area (Å²) in [5.41, 5.74) is 3.28. The number of hydrogen-bond acceptors (Lipinski definition) is 4. The first-order valence-electron chi connectivity index (χ1n) is 7.95. The monoisotopic (exact) mass is 333 g/mol. The third kappa shape index (κ3) is 5.21. The summed E-state index contributed by atoms with van der Waals surface area (Å²) in [6.07, 6.45) is 0.345. The van der Waals surface area contributed by atoms with Crippen LogP contribution in [0.2, 0.25) is 0 Å². The van der Waals surface area contributed by atoms with Crippen molar-refractivity contribution in [3.05, 3.63) is 54.6 Å². The molecule has 0 radical (unpaired) electrons. The van der Waals surface area contributed by atoms with Gasteiger partial charge in [-0.1, -0.05) is 48.5 Å². The van der Waals surface area contributed by atoms with Gasteiger partial charge < -0.3 is 14.4 Å². The molecule has 2 rings (SSSR count). The summed E-state index contributed by atoms with van der Waals surface area (Å²) in [4.78, 5) is 0. The van der Waals surface area contributed by atoms with Crippen LogP contribution in [0.3, 0.4) is 0 Å². The van der Waals surface area contributed by atoms with Gasteiger partial charge in [0.15, 0.2) is 0 Å². The van der Waals surface area contributed by atoms with Crippen molar-refractivity contribution in [3.8, 4) is 11.1 Å². The average molecular weight is 333 g/mol. The van der Waals surface area contributed by atoms with E-state index in [0.29, 0.717) is 25.9 Å². The molecule has 4 nitrogen and oxygen atoms in total. The molecule has 0 saturated heterocycles. The van der Waals surface area contributed by atoms with Crippen LogP contribution >= 0.6 is 7.60 Å². The maximum atomic E-state index is 12.5. The normalized spacial score (nSPS) is 11.4. The lowest BCUT2D eigenvalue weighted by Crippen LogP contribution is -2.11. The SMILES string of the molecule is CCOP(=O)(CCNc1ccccc1-c1ccccc1)OCC. The Morgan fingerprint density at radius 1 is 0.913 bits per heavy atom. The van der Waals surface area contributed by atoms with Crippen molar-refractivity contribution in [2.75, 3.05) is 31.2 Å². The van der Waals surface area contributed by atoms with E-state index in [-0.39, 0.29) is 0 Å². The standard InChI is InChI=1S/C18H24NO3P/c1-3-21-23(20,22-4-2)15-14-19-18-13-9-8-12-17(18)16-10-6-5-7-11-16/h5-13,19H,3-4,14-15H2,1-2H3. The van der Waals surface area contributed by atoms with Crippen LogP contribution in [-0.4, -0.2) is 25.9 Å². The summed E-state index contributed by atoms with van der Waals surface area (Å²) < 4.78 is 23.1. The number of rotatable bonds is 9. The van der Waals surface area contributed by atoms with Crippen LogP contribution in [0.5, 0.6) is 0 Å². The molecule has 5 heteroatoms. The van der Waals surface area contributed by atoms with E-state index in [9.17, 15) is 4.57 Å². The van der Waals surface area contributed by atoms with Crippen LogP contribution in [0.25, 0.3) is 11.1 Å².